The quantitative estimate of drug-likeness (QED) is 0.276. The van der Waals surface area contributed by atoms with E-state index in [1.807, 2.05) is 28.6 Å². The van der Waals surface area contributed by atoms with Crippen molar-refractivity contribution in [1.82, 2.24) is 19.5 Å². The molecule has 1 aliphatic rings. The maximum atomic E-state index is 13.6. The minimum Gasteiger partial charge on any atom is -0.374 e. The van der Waals surface area contributed by atoms with Gasteiger partial charge >= 0.3 is 0 Å². The molecule has 0 unspecified atom stereocenters. The van der Waals surface area contributed by atoms with Crippen molar-refractivity contribution in [2.45, 2.75) is 38.3 Å². The van der Waals surface area contributed by atoms with Gasteiger partial charge in [-0.1, -0.05) is 48.5 Å². The molecule has 0 aliphatic carbocycles. The van der Waals surface area contributed by atoms with Gasteiger partial charge in [0.25, 0.3) is 0 Å². The molecule has 1 fully saturated rings. The molecule has 1 aliphatic heterocycles. The van der Waals surface area contributed by atoms with Crippen molar-refractivity contribution in [3.05, 3.63) is 96.3 Å². The molecule has 3 heterocycles. The third kappa shape index (κ3) is 5.03. The summed E-state index contributed by atoms with van der Waals surface area (Å²) < 4.78 is 27.9. The Balaban J connectivity index is 1.09. The number of imidazole rings is 1. The molecular formula is C29H28FN5O2. The van der Waals surface area contributed by atoms with Crippen molar-refractivity contribution in [3.8, 4) is 0 Å². The highest BCUT2D eigenvalue weighted by molar-refractivity contribution is 5.83. The molecule has 2 atom stereocenters. The zero-order valence-electron chi connectivity index (χ0n) is 20.6. The van der Waals surface area contributed by atoms with Gasteiger partial charge < -0.3 is 14.4 Å². The Morgan fingerprint density at radius 1 is 0.973 bits per heavy atom. The molecule has 1 saturated heterocycles. The normalized spacial score (nSPS) is 17.6. The number of benzene rings is 3. The van der Waals surface area contributed by atoms with E-state index in [0.717, 1.165) is 29.6 Å². The Hall–Kier alpha value is -3.88. The number of anilines is 1. The van der Waals surface area contributed by atoms with Crippen LogP contribution >= 0.6 is 0 Å². The number of fused-ring (bicyclic) bond motifs is 2. The van der Waals surface area contributed by atoms with Crippen molar-refractivity contribution >= 4 is 27.8 Å². The van der Waals surface area contributed by atoms with Gasteiger partial charge in [0.2, 0.25) is 0 Å². The monoisotopic (exact) mass is 497 g/mol. The topological polar surface area (TPSA) is 65.3 Å². The Kier molecular flexibility index (Phi) is 6.51. The fraction of sp³-hybridized carbons (Fsp3) is 0.276. The molecule has 0 bridgehead atoms. The summed E-state index contributed by atoms with van der Waals surface area (Å²) in [6.45, 7) is 1.59. The number of rotatable bonds is 8. The first-order valence-corrected chi connectivity index (χ1v) is 12.5. The smallest absolute Gasteiger partial charge is 0.167 e. The lowest BCUT2D eigenvalue weighted by molar-refractivity contribution is -0.0433. The van der Waals surface area contributed by atoms with Gasteiger partial charge in [0.05, 0.1) is 25.6 Å². The molecule has 7 nitrogen and oxygen atoms in total. The molecule has 6 rings (SSSR count). The second kappa shape index (κ2) is 10.2. The second-order valence-electron chi connectivity index (χ2n) is 9.49. The van der Waals surface area contributed by atoms with Crippen molar-refractivity contribution in [2.75, 3.05) is 18.6 Å². The number of aromatic nitrogens is 4. The zero-order chi connectivity index (χ0) is 25.2. The molecule has 0 saturated carbocycles. The van der Waals surface area contributed by atoms with Crippen molar-refractivity contribution in [2.24, 2.45) is 0 Å². The first kappa shape index (κ1) is 23.5. The number of hydrogen-bond donors (Lipinski definition) is 0. The molecule has 0 radical (unpaired) electrons. The molecule has 8 heteroatoms. The van der Waals surface area contributed by atoms with E-state index in [0.29, 0.717) is 31.1 Å². The average Bonchev–Trinajstić information content (AvgIpc) is 3.55. The van der Waals surface area contributed by atoms with Crippen LogP contribution in [0.3, 0.4) is 0 Å². The Labute approximate surface area is 214 Å². The second-order valence-corrected chi connectivity index (χ2v) is 9.49. The molecule has 0 amide bonds. The average molecular weight is 498 g/mol. The Bertz CT molecular complexity index is 1540. The maximum absolute atomic E-state index is 13.6. The summed E-state index contributed by atoms with van der Waals surface area (Å²) in [5, 5.41) is 2.45. The van der Waals surface area contributed by atoms with Crippen LogP contribution in [0, 0.1) is 5.82 Å². The molecule has 0 N–H and O–H groups in total. The lowest BCUT2D eigenvalue weighted by Gasteiger charge is -2.19. The maximum Gasteiger partial charge on any atom is 0.167 e. The molecule has 0 spiro atoms. The first-order valence-electron chi connectivity index (χ1n) is 12.5. The van der Waals surface area contributed by atoms with Crippen LogP contribution in [0.2, 0.25) is 0 Å². The predicted octanol–water partition coefficient (Wildman–Crippen LogP) is 5.65. The fourth-order valence-corrected chi connectivity index (χ4v) is 4.96. The van der Waals surface area contributed by atoms with E-state index in [1.165, 1.54) is 29.2 Å². The van der Waals surface area contributed by atoms with Crippen LogP contribution in [0.4, 0.5) is 10.2 Å². The minimum atomic E-state index is -0.253. The highest BCUT2D eigenvalue weighted by Crippen LogP contribution is 2.32. The van der Waals surface area contributed by atoms with E-state index >= 15 is 0 Å². The summed E-state index contributed by atoms with van der Waals surface area (Å²) in [7, 11) is 1.92. The summed E-state index contributed by atoms with van der Waals surface area (Å²) in [5.41, 5.74) is 3.43. The van der Waals surface area contributed by atoms with E-state index in [9.17, 15) is 4.39 Å². The molecule has 5 aromatic rings. The summed E-state index contributed by atoms with van der Waals surface area (Å²) in [6, 6.07) is 21.3. The summed E-state index contributed by atoms with van der Waals surface area (Å²) in [6.07, 6.45) is 4.92. The van der Waals surface area contributed by atoms with Crippen LogP contribution in [-0.2, 0) is 22.6 Å². The van der Waals surface area contributed by atoms with Crippen LogP contribution < -0.4 is 4.90 Å². The van der Waals surface area contributed by atoms with Gasteiger partial charge in [0, 0.05) is 13.6 Å². The number of ether oxygens (including phenoxy) is 2. The number of nitrogens with zero attached hydrogens (tertiary/aromatic N) is 5. The van der Waals surface area contributed by atoms with Gasteiger partial charge in [-0.05, 0) is 52.9 Å². The summed E-state index contributed by atoms with van der Waals surface area (Å²) >= 11 is 0. The largest absolute Gasteiger partial charge is 0.374 e. The minimum absolute atomic E-state index is 0.0138. The van der Waals surface area contributed by atoms with Crippen molar-refractivity contribution < 1.29 is 13.9 Å². The van der Waals surface area contributed by atoms with Crippen LogP contribution in [0.5, 0.6) is 0 Å². The molecule has 3 aromatic carbocycles. The standard InChI is InChI=1S/C29H28FN5O2/c1-34(15-20-5-4-8-24(30)14-20)28-27-29(32-18-31-28)35(19-33-27)26-12-11-25(37-26)17-36-16-21-9-10-22-6-2-3-7-23(22)13-21/h2-10,13-14,18-19,25-26H,11-12,15-17H2,1H3/t25-,26+/m0/s1. The van der Waals surface area contributed by atoms with E-state index in [1.54, 1.807) is 12.4 Å². The molecule has 188 valence electrons. The van der Waals surface area contributed by atoms with Gasteiger partial charge in [0.15, 0.2) is 17.0 Å². The van der Waals surface area contributed by atoms with Crippen LogP contribution in [0.25, 0.3) is 21.9 Å². The zero-order valence-corrected chi connectivity index (χ0v) is 20.6. The van der Waals surface area contributed by atoms with Crippen molar-refractivity contribution in [1.29, 1.82) is 0 Å². The van der Waals surface area contributed by atoms with E-state index in [2.05, 4.69) is 51.4 Å². The molecular weight excluding hydrogens is 469 g/mol. The van der Waals surface area contributed by atoms with Gasteiger partial charge in [-0.25, -0.2) is 19.3 Å². The van der Waals surface area contributed by atoms with E-state index < -0.39 is 0 Å². The highest BCUT2D eigenvalue weighted by Gasteiger charge is 2.29. The molecule has 2 aromatic heterocycles. The SMILES string of the molecule is CN(Cc1cccc(F)c1)c1ncnc2c1ncn2[C@H]1CC[C@@H](COCc2ccc3ccccc3c2)O1. The summed E-state index contributed by atoms with van der Waals surface area (Å²) in [4.78, 5) is 15.5. The van der Waals surface area contributed by atoms with Crippen LogP contribution in [0.15, 0.2) is 79.4 Å². The van der Waals surface area contributed by atoms with Crippen LogP contribution in [-0.4, -0.2) is 39.3 Å². The summed E-state index contributed by atoms with van der Waals surface area (Å²) in [5.74, 6) is 0.443. The van der Waals surface area contributed by atoms with Gasteiger partial charge in [0.1, 0.15) is 18.4 Å². The Morgan fingerprint density at radius 2 is 1.86 bits per heavy atom. The van der Waals surface area contributed by atoms with Gasteiger partial charge in [-0.15, -0.1) is 0 Å². The third-order valence-corrected chi connectivity index (χ3v) is 6.79. The fourth-order valence-electron chi connectivity index (χ4n) is 4.96. The first-order chi connectivity index (χ1) is 18.1. The van der Waals surface area contributed by atoms with Crippen LogP contribution in [0.1, 0.15) is 30.2 Å². The van der Waals surface area contributed by atoms with Gasteiger partial charge in [-0.2, -0.15) is 0 Å². The Morgan fingerprint density at radius 3 is 2.76 bits per heavy atom. The lowest BCUT2D eigenvalue weighted by atomic mass is 10.1. The number of halogens is 1. The van der Waals surface area contributed by atoms with Crippen molar-refractivity contribution in [3.63, 3.8) is 0 Å². The van der Waals surface area contributed by atoms with E-state index in [4.69, 9.17) is 9.47 Å². The lowest BCUT2D eigenvalue weighted by Crippen LogP contribution is -2.19. The van der Waals surface area contributed by atoms with Gasteiger partial charge in [-0.3, -0.25) is 4.57 Å². The van der Waals surface area contributed by atoms with E-state index in [-0.39, 0.29) is 18.1 Å². The highest BCUT2D eigenvalue weighted by atomic mass is 19.1. The number of hydrogen-bond acceptors (Lipinski definition) is 6. The third-order valence-electron chi connectivity index (χ3n) is 6.79. The predicted molar refractivity (Wildman–Crippen MR) is 141 cm³/mol. The molecule has 37 heavy (non-hydrogen) atoms.